The molecule has 2 fully saturated rings. The number of fused-ring (bicyclic) bond motifs is 1. The van der Waals surface area contributed by atoms with Gasteiger partial charge in [0.05, 0.1) is 24.4 Å². The van der Waals surface area contributed by atoms with E-state index >= 15 is 0 Å². The fourth-order valence-electron chi connectivity index (χ4n) is 5.90. The highest BCUT2D eigenvalue weighted by atomic mass is 16.5. The quantitative estimate of drug-likeness (QED) is 0.424. The Morgan fingerprint density at radius 2 is 1.87 bits per heavy atom. The van der Waals surface area contributed by atoms with Gasteiger partial charge in [0, 0.05) is 69.5 Å². The summed E-state index contributed by atoms with van der Waals surface area (Å²) in [7, 11) is 1.72. The molecule has 2 aromatic heterocycles. The van der Waals surface area contributed by atoms with Crippen LogP contribution >= 0.6 is 0 Å². The van der Waals surface area contributed by atoms with Gasteiger partial charge < -0.3 is 19.9 Å². The van der Waals surface area contributed by atoms with E-state index in [9.17, 15) is 4.79 Å². The first-order valence-electron chi connectivity index (χ1n) is 14.5. The number of rotatable bonds is 10. The van der Waals surface area contributed by atoms with E-state index in [4.69, 9.17) is 14.8 Å². The third kappa shape index (κ3) is 6.53. The average Bonchev–Trinajstić information content (AvgIpc) is 3.60. The smallest absolute Gasteiger partial charge is 0.222 e. The van der Waals surface area contributed by atoms with E-state index < -0.39 is 0 Å². The second-order valence-electron chi connectivity index (χ2n) is 11.0. The predicted octanol–water partition coefficient (Wildman–Crippen LogP) is 3.88. The minimum Gasteiger partial charge on any atom is -0.494 e. The maximum atomic E-state index is 13.2. The lowest BCUT2D eigenvalue weighted by atomic mass is 10.1. The van der Waals surface area contributed by atoms with Crippen LogP contribution < -0.4 is 15.0 Å². The van der Waals surface area contributed by atoms with E-state index in [1.165, 1.54) is 12.8 Å². The zero-order valence-corrected chi connectivity index (χ0v) is 23.7. The fraction of sp³-hybridized carbons (Fsp3) is 0.567. The molecule has 0 spiro atoms. The van der Waals surface area contributed by atoms with Gasteiger partial charge in [-0.25, -0.2) is 0 Å². The van der Waals surface area contributed by atoms with E-state index in [-0.39, 0.29) is 18.0 Å². The van der Waals surface area contributed by atoms with Crippen LogP contribution in [-0.4, -0.2) is 89.9 Å². The summed E-state index contributed by atoms with van der Waals surface area (Å²) in [4.78, 5) is 25.1. The number of anilines is 1. The highest BCUT2D eigenvalue weighted by molar-refractivity contribution is 5.94. The van der Waals surface area contributed by atoms with Crippen molar-refractivity contribution in [3.05, 3.63) is 48.4 Å². The summed E-state index contributed by atoms with van der Waals surface area (Å²) in [5.74, 6) is 0.943. The Bertz CT molecular complexity index is 1240. The number of carbonyl (C=O) groups is 1. The van der Waals surface area contributed by atoms with E-state index in [1.807, 2.05) is 29.2 Å². The molecular weight excluding hydrogens is 490 g/mol. The fourth-order valence-corrected chi connectivity index (χ4v) is 5.90. The minimum atomic E-state index is -0.0655. The van der Waals surface area contributed by atoms with Crippen LogP contribution in [0.3, 0.4) is 0 Å². The topological polar surface area (TPSA) is 78.8 Å². The highest BCUT2D eigenvalue weighted by Crippen LogP contribution is 2.36. The molecule has 1 atom stereocenters. The number of nitrogens with one attached hydrogen (secondary N) is 1. The maximum Gasteiger partial charge on any atom is 0.222 e. The van der Waals surface area contributed by atoms with Gasteiger partial charge in [0.15, 0.2) is 0 Å². The van der Waals surface area contributed by atoms with Crippen molar-refractivity contribution < 1.29 is 9.53 Å². The molecule has 0 radical (unpaired) electrons. The number of likely N-dealkylation sites (tertiary alicyclic amines) is 1. The van der Waals surface area contributed by atoms with Gasteiger partial charge in [-0.05, 0) is 70.5 Å². The second kappa shape index (κ2) is 12.8. The lowest BCUT2D eigenvalue weighted by Gasteiger charge is -2.30. The summed E-state index contributed by atoms with van der Waals surface area (Å²) in [6.07, 6.45) is 7.80. The predicted molar refractivity (Wildman–Crippen MR) is 155 cm³/mol. The molecule has 0 unspecified atom stereocenters. The number of benzene rings is 1. The molecule has 0 saturated carbocycles. The maximum absolute atomic E-state index is 13.2. The van der Waals surface area contributed by atoms with Crippen LogP contribution in [0.5, 0.6) is 5.75 Å². The van der Waals surface area contributed by atoms with Crippen molar-refractivity contribution in [3.8, 4) is 5.75 Å². The van der Waals surface area contributed by atoms with Gasteiger partial charge in [0.25, 0.3) is 0 Å². The van der Waals surface area contributed by atoms with Crippen molar-refractivity contribution in [2.24, 2.45) is 0 Å². The molecule has 210 valence electrons. The molecule has 4 heterocycles. The number of pyridine rings is 1. The Hall–Kier alpha value is -3.17. The number of aromatic nitrogens is 3. The molecule has 1 amide bonds. The zero-order chi connectivity index (χ0) is 27.2. The van der Waals surface area contributed by atoms with Gasteiger partial charge >= 0.3 is 0 Å². The van der Waals surface area contributed by atoms with Crippen LogP contribution in [-0.2, 0) is 4.79 Å². The van der Waals surface area contributed by atoms with Crippen LogP contribution in [0, 0.1) is 0 Å². The molecule has 1 aromatic carbocycles. The number of amides is 1. The van der Waals surface area contributed by atoms with E-state index in [1.54, 1.807) is 7.11 Å². The second-order valence-corrected chi connectivity index (χ2v) is 11.0. The Balaban J connectivity index is 1.32. The lowest BCUT2D eigenvalue weighted by molar-refractivity contribution is -0.122. The molecule has 1 N–H and O–H groups in total. The SMILES string of the molecule is COc1ccc2cccnc2c1N1CCCN([C@H](CC(=O)NCCN2CCCC2)c2ccn(C(C)C)n2)CC1. The Kier molecular flexibility index (Phi) is 8.98. The van der Waals surface area contributed by atoms with E-state index in [0.717, 1.165) is 80.3 Å². The normalized spacial score (nSPS) is 18.0. The molecule has 0 bridgehead atoms. The molecule has 9 nitrogen and oxygen atoms in total. The summed E-state index contributed by atoms with van der Waals surface area (Å²) >= 11 is 0. The number of hydrogen-bond donors (Lipinski definition) is 1. The van der Waals surface area contributed by atoms with E-state index in [0.29, 0.717) is 13.0 Å². The van der Waals surface area contributed by atoms with Gasteiger partial charge in [-0.3, -0.25) is 19.4 Å². The van der Waals surface area contributed by atoms with Crippen molar-refractivity contribution in [1.29, 1.82) is 0 Å². The highest BCUT2D eigenvalue weighted by Gasteiger charge is 2.29. The Morgan fingerprint density at radius 3 is 2.64 bits per heavy atom. The van der Waals surface area contributed by atoms with Crippen molar-refractivity contribution in [1.82, 2.24) is 29.9 Å². The van der Waals surface area contributed by atoms with Gasteiger partial charge in [0.2, 0.25) is 5.91 Å². The van der Waals surface area contributed by atoms with Crippen molar-refractivity contribution in [2.75, 3.05) is 64.4 Å². The third-order valence-electron chi connectivity index (χ3n) is 8.05. The van der Waals surface area contributed by atoms with Crippen LogP contribution in [0.15, 0.2) is 42.7 Å². The van der Waals surface area contributed by atoms with E-state index in [2.05, 4.69) is 52.1 Å². The van der Waals surface area contributed by atoms with Crippen molar-refractivity contribution >= 4 is 22.5 Å². The summed E-state index contributed by atoms with van der Waals surface area (Å²) < 4.78 is 7.77. The molecule has 2 saturated heterocycles. The lowest BCUT2D eigenvalue weighted by Crippen LogP contribution is -2.38. The molecule has 9 heteroatoms. The minimum absolute atomic E-state index is 0.0655. The van der Waals surface area contributed by atoms with Gasteiger partial charge in [-0.1, -0.05) is 6.07 Å². The standard InChI is InChI=1S/C30H43N7O2/c1-23(2)37-18-11-25(33-37)26(22-28(38)31-13-19-34-14-4-5-15-34)35-16-7-17-36(21-20-35)30-27(39-3)10-9-24-8-6-12-32-29(24)30/h6,8-12,18,23,26H,4-5,7,13-17,19-22H2,1-3H3,(H,31,38)/t26-/m1/s1. The van der Waals surface area contributed by atoms with Crippen LogP contribution in [0.25, 0.3) is 10.9 Å². The molecule has 39 heavy (non-hydrogen) atoms. The van der Waals surface area contributed by atoms with Crippen LogP contribution in [0.1, 0.15) is 57.3 Å². The van der Waals surface area contributed by atoms with Gasteiger partial charge in [-0.15, -0.1) is 0 Å². The molecule has 5 rings (SSSR count). The number of methoxy groups -OCH3 is 1. The molecule has 0 aliphatic carbocycles. The Labute approximate surface area is 232 Å². The van der Waals surface area contributed by atoms with Gasteiger partial charge in [0.1, 0.15) is 11.4 Å². The Morgan fingerprint density at radius 1 is 1.03 bits per heavy atom. The number of ether oxygens (including phenoxy) is 1. The van der Waals surface area contributed by atoms with Crippen LogP contribution in [0.2, 0.25) is 0 Å². The van der Waals surface area contributed by atoms with Gasteiger partial charge in [-0.2, -0.15) is 5.10 Å². The largest absolute Gasteiger partial charge is 0.494 e. The van der Waals surface area contributed by atoms with Crippen LogP contribution in [0.4, 0.5) is 5.69 Å². The summed E-state index contributed by atoms with van der Waals surface area (Å²) in [6.45, 7) is 11.6. The monoisotopic (exact) mass is 533 g/mol. The van der Waals surface area contributed by atoms with Crippen molar-refractivity contribution in [3.63, 3.8) is 0 Å². The molecule has 3 aromatic rings. The summed E-state index contributed by atoms with van der Waals surface area (Å²) in [5, 5.41) is 9.20. The third-order valence-corrected chi connectivity index (χ3v) is 8.05. The van der Waals surface area contributed by atoms with Crippen molar-refractivity contribution in [2.45, 2.75) is 51.6 Å². The first-order valence-corrected chi connectivity index (χ1v) is 14.5. The summed E-state index contributed by atoms with van der Waals surface area (Å²) in [6, 6.07) is 10.5. The first-order chi connectivity index (χ1) is 19.0. The molecule has 2 aliphatic heterocycles. The molecular formula is C30H43N7O2. The average molecular weight is 534 g/mol. The number of hydrogen-bond acceptors (Lipinski definition) is 7. The number of nitrogens with zero attached hydrogens (tertiary/aromatic N) is 6. The first kappa shape index (κ1) is 27.4. The zero-order valence-electron chi connectivity index (χ0n) is 23.7. The number of carbonyl (C=O) groups excluding carboxylic acids is 1. The summed E-state index contributed by atoms with van der Waals surface area (Å²) in [5.41, 5.74) is 2.99. The molecule has 2 aliphatic rings.